The molecule has 0 aliphatic heterocycles. The Kier molecular flexibility index (Phi) is 15.0. The lowest BCUT2D eigenvalue weighted by Crippen LogP contribution is -2.40. The van der Waals surface area contributed by atoms with E-state index in [1.165, 1.54) is 6.07 Å². The molecule has 8 N–H and O–H groups in total. The Bertz CT molecular complexity index is 1990. The van der Waals surface area contributed by atoms with E-state index in [9.17, 15) is 14.4 Å². The van der Waals surface area contributed by atoms with Crippen LogP contribution in [0.4, 0.5) is 33.6 Å². The molecule has 4 heterocycles. The molecule has 0 fully saturated rings. The van der Waals surface area contributed by atoms with Crippen molar-refractivity contribution >= 4 is 58.3 Å². The number of rotatable bonds is 12. The van der Waals surface area contributed by atoms with Crippen LogP contribution in [0.1, 0.15) is 115 Å². The summed E-state index contributed by atoms with van der Waals surface area (Å²) >= 11 is 5.81. The van der Waals surface area contributed by atoms with E-state index in [0.29, 0.717) is 41.3 Å². The maximum Gasteiger partial charge on any atom is 0.407 e. The van der Waals surface area contributed by atoms with Crippen LogP contribution in [0.3, 0.4) is 0 Å². The Labute approximate surface area is 333 Å². The first-order chi connectivity index (χ1) is 25.9. The predicted molar refractivity (Wildman–Crippen MR) is 220 cm³/mol. The molecule has 0 saturated carbocycles. The van der Waals surface area contributed by atoms with Crippen molar-refractivity contribution in [2.24, 2.45) is 17.4 Å². The molecular formula is C39H55ClN12O4. The third-order valence-corrected chi connectivity index (χ3v) is 7.77. The number of ether oxygens (including phenoxy) is 1. The highest BCUT2D eigenvalue weighted by atomic mass is 35.5. The van der Waals surface area contributed by atoms with Crippen LogP contribution in [-0.4, -0.2) is 66.5 Å². The minimum absolute atomic E-state index is 0.00537. The molecule has 0 radical (unpaired) electrons. The lowest BCUT2D eigenvalue weighted by atomic mass is 9.92. The Morgan fingerprint density at radius 1 is 0.714 bits per heavy atom. The minimum Gasteiger partial charge on any atom is -0.444 e. The van der Waals surface area contributed by atoms with Crippen LogP contribution >= 0.6 is 11.6 Å². The van der Waals surface area contributed by atoms with E-state index in [4.69, 9.17) is 27.8 Å². The van der Waals surface area contributed by atoms with Gasteiger partial charge < -0.3 is 37.5 Å². The van der Waals surface area contributed by atoms with Gasteiger partial charge >= 0.3 is 6.09 Å². The largest absolute Gasteiger partial charge is 0.444 e. The molecule has 16 nitrogen and oxygen atoms in total. The van der Waals surface area contributed by atoms with Gasteiger partial charge in [0.15, 0.2) is 22.4 Å². The number of alkyl carbamates (subject to hydrolysis) is 1. The molecule has 0 bridgehead atoms. The monoisotopic (exact) mass is 790 g/mol. The number of nitrogens with zero attached hydrogens (tertiary/aromatic N) is 6. The van der Waals surface area contributed by atoms with E-state index >= 15 is 0 Å². The Hall–Kier alpha value is -5.64. The number of hydrogen-bond acceptors (Lipinski definition) is 13. The van der Waals surface area contributed by atoms with E-state index in [2.05, 4.69) is 107 Å². The van der Waals surface area contributed by atoms with Gasteiger partial charge in [-0.3, -0.25) is 9.59 Å². The van der Waals surface area contributed by atoms with E-state index < -0.39 is 23.5 Å². The average molecular weight is 791 g/mol. The summed E-state index contributed by atoms with van der Waals surface area (Å²) in [5.74, 6) is 0.532. The van der Waals surface area contributed by atoms with Gasteiger partial charge in [0.05, 0.1) is 11.4 Å². The number of amides is 3. The number of halogens is 1. The van der Waals surface area contributed by atoms with Crippen molar-refractivity contribution in [3.05, 3.63) is 76.5 Å². The summed E-state index contributed by atoms with van der Waals surface area (Å²) in [5, 5.41) is 27.9. The molecule has 3 amide bonds. The van der Waals surface area contributed by atoms with E-state index in [0.717, 1.165) is 17.8 Å². The first-order valence-corrected chi connectivity index (χ1v) is 18.5. The normalized spacial score (nSPS) is 12.2. The zero-order chi connectivity index (χ0) is 42.0. The maximum atomic E-state index is 12.1. The number of hydrogen-bond donors (Lipinski definition) is 6. The number of pyridine rings is 2. The van der Waals surface area contributed by atoms with Crippen LogP contribution < -0.4 is 32.7 Å². The molecule has 0 saturated heterocycles. The lowest BCUT2D eigenvalue weighted by molar-refractivity contribution is 0.0524. The second kappa shape index (κ2) is 18.8. The van der Waals surface area contributed by atoms with Crippen LogP contribution in [0.2, 0.25) is 5.15 Å². The molecule has 0 aliphatic carbocycles. The molecule has 17 heteroatoms. The molecule has 302 valence electrons. The van der Waals surface area contributed by atoms with E-state index in [-0.39, 0.29) is 33.4 Å². The minimum atomic E-state index is -0.705. The third-order valence-electron chi connectivity index (χ3n) is 7.58. The molecule has 56 heavy (non-hydrogen) atoms. The highest BCUT2D eigenvalue weighted by Crippen LogP contribution is 2.26. The highest BCUT2D eigenvalue weighted by Gasteiger charge is 2.21. The first-order valence-electron chi connectivity index (χ1n) is 18.1. The summed E-state index contributed by atoms with van der Waals surface area (Å²) in [5.41, 5.74) is 12.6. The van der Waals surface area contributed by atoms with Crippen molar-refractivity contribution in [2.75, 3.05) is 22.5 Å². The number of aromatic nitrogens is 6. The summed E-state index contributed by atoms with van der Waals surface area (Å²) in [6, 6.07) is 14.3. The molecule has 4 aromatic heterocycles. The second-order valence-electron chi connectivity index (χ2n) is 16.6. The van der Waals surface area contributed by atoms with Gasteiger partial charge in [-0.05, 0) is 57.4 Å². The van der Waals surface area contributed by atoms with Crippen LogP contribution in [0.15, 0.2) is 48.5 Å². The summed E-state index contributed by atoms with van der Waals surface area (Å²) in [6.07, 6.45) is 0.267. The smallest absolute Gasteiger partial charge is 0.407 e. The number of nitrogens with one attached hydrogen (secondary N) is 4. The fourth-order valence-electron chi connectivity index (χ4n) is 5.00. The fourth-order valence-corrected chi connectivity index (χ4v) is 5.14. The highest BCUT2D eigenvalue weighted by molar-refractivity contribution is 6.29. The SMILES string of the molecule is CC(C)(C)c1cccc(Nc2cc(Cl)nnc2C(N)=O)n1.CC(C)CC(CNC(=O)OC(C)(C)C)Nc1cc(Nc2cccc(C(C)(C)C)n2)c(C(N)=O)nn1. The molecular weight excluding hydrogens is 736 g/mol. The summed E-state index contributed by atoms with van der Waals surface area (Å²) in [4.78, 5) is 44.6. The summed E-state index contributed by atoms with van der Waals surface area (Å²) in [6.45, 7) is 22.4. The molecule has 4 aromatic rings. The summed E-state index contributed by atoms with van der Waals surface area (Å²) < 4.78 is 5.33. The number of primary amides is 2. The Morgan fingerprint density at radius 3 is 1.64 bits per heavy atom. The van der Waals surface area contributed by atoms with Crippen molar-refractivity contribution in [3.63, 3.8) is 0 Å². The Balaban J connectivity index is 0.000000340. The fraction of sp³-hybridized carbons (Fsp3) is 0.462. The van der Waals surface area contributed by atoms with Gasteiger partial charge in [0.2, 0.25) is 0 Å². The number of carbonyl (C=O) groups excluding carboxylic acids is 3. The lowest BCUT2D eigenvalue weighted by Gasteiger charge is -2.24. The van der Waals surface area contributed by atoms with Crippen LogP contribution in [0.25, 0.3) is 0 Å². The standard InChI is InChI=1S/C25H39N7O3.C14H16ClN5O/c1-15(2)12-16(14-27-23(34)35-25(6,7)8)28-20-13-17(21(22(26)33)32-31-20)29-19-11-9-10-18(30-19)24(3,4)5;1-14(2,3)9-5-4-6-11(18-9)17-8-7-10(15)19-20-12(8)13(16)21/h9-11,13,15-16H,12,14H2,1-8H3,(H2,26,33)(H,27,34)(H2,28,29,30,31);4-7H,1-3H3,(H2,16,21)(H,17,18,19). The van der Waals surface area contributed by atoms with Gasteiger partial charge in [0.1, 0.15) is 17.2 Å². The van der Waals surface area contributed by atoms with Gasteiger partial charge in [-0.2, -0.15) is 0 Å². The third kappa shape index (κ3) is 14.5. The van der Waals surface area contributed by atoms with Gasteiger partial charge in [-0.1, -0.05) is 79.1 Å². The Morgan fingerprint density at radius 2 is 1.20 bits per heavy atom. The van der Waals surface area contributed by atoms with Crippen LogP contribution in [0.5, 0.6) is 0 Å². The molecule has 1 unspecified atom stereocenters. The predicted octanol–water partition coefficient (Wildman–Crippen LogP) is 7.03. The molecule has 1 atom stereocenters. The van der Waals surface area contributed by atoms with Gasteiger partial charge in [-0.25, -0.2) is 14.8 Å². The molecule has 0 aromatic carbocycles. The van der Waals surface area contributed by atoms with E-state index in [1.807, 2.05) is 45.0 Å². The summed E-state index contributed by atoms with van der Waals surface area (Å²) in [7, 11) is 0. The number of anilines is 5. The van der Waals surface area contributed by atoms with Crippen LogP contribution in [0, 0.1) is 5.92 Å². The van der Waals surface area contributed by atoms with Gasteiger partial charge in [0.25, 0.3) is 11.8 Å². The van der Waals surface area contributed by atoms with Crippen molar-refractivity contribution in [1.29, 1.82) is 0 Å². The zero-order valence-electron chi connectivity index (χ0n) is 34.0. The van der Waals surface area contributed by atoms with Crippen molar-refractivity contribution in [1.82, 2.24) is 35.7 Å². The quantitative estimate of drug-likeness (QED) is 0.0846. The van der Waals surface area contributed by atoms with Crippen LogP contribution in [-0.2, 0) is 15.6 Å². The second-order valence-corrected chi connectivity index (χ2v) is 17.0. The number of carbonyl (C=O) groups is 3. The van der Waals surface area contributed by atoms with Gasteiger partial charge in [-0.15, -0.1) is 20.4 Å². The van der Waals surface area contributed by atoms with Crippen molar-refractivity contribution < 1.29 is 19.1 Å². The average Bonchev–Trinajstić information content (AvgIpc) is 3.06. The van der Waals surface area contributed by atoms with Crippen molar-refractivity contribution in [3.8, 4) is 0 Å². The zero-order valence-corrected chi connectivity index (χ0v) is 34.8. The molecule has 0 aliphatic rings. The molecule has 0 spiro atoms. The molecule has 4 rings (SSSR count). The van der Waals surface area contributed by atoms with Gasteiger partial charge in [0, 0.05) is 46.9 Å². The topological polar surface area (TPSA) is 238 Å². The van der Waals surface area contributed by atoms with Crippen molar-refractivity contribution in [2.45, 2.75) is 105 Å². The maximum absolute atomic E-state index is 12.1. The first kappa shape index (κ1) is 44.8. The number of nitrogens with two attached hydrogens (primary N) is 2. The van der Waals surface area contributed by atoms with E-state index in [1.54, 1.807) is 18.2 Å².